The van der Waals surface area contributed by atoms with E-state index in [1.54, 1.807) is 12.1 Å². The van der Waals surface area contributed by atoms with Crippen LogP contribution in [0.1, 0.15) is 31.7 Å². The van der Waals surface area contributed by atoms with Gasteiger partial charge in [-0.3, -0.25) is 14.9 Å². The Hall–Kier alpha value is -1.80. The Kier molecular flexibility index (Phi) is 8.18. The summed E-state index contributed by atoms with van der Waals surface area (Å²) in [5, 5.41) is 14.2. The lowest BCUT2D eigenvalue weighted by Gasteiger charge is -2.32. The molecule has 0 saturated carbocycles. The first-order valence-corrected chi connectivity index (χ1v) is 10.1. The molecule has 2 rings (SSSR count). The summed E-state index contributed by atoms with van der Waals surface area (Å²) in [4.78, 5) is 25.1. The van der Waals surface area contributed by atoms with Crippen LogP contribution in [0.15, 0.2) is 18.2 Å². The molecule has 7 nitrogen and oxygen atoms in total. The van der Waals surface area contributed by atoms with E-state index in [1.807, 2.05) is 0 Å². The molecule has 1 aromatic carbocycles. The van der Waals surface area contributed by atoms with Crippen LogP contribution in [0.2, 0.25) is 0 Å². The summed E-state index contributed by atoms with van der Waals surface area (Å²) in [6.45, 7) is 5.40. The summed E-state index contributed by atoms with van der Waals surface area (Å²) in [5.74, 6) is 1.19. The summed E-state index contributed by atoms with van der Waals surface area (Å²) >= 11 is 1.46. The van der Waals surface area contributed by atoms with Crippen molar-refractivity contribution in [3.05, 3.63) is 33.9 Å². The molecule has 0 aliphatic carbocycles. The Morgan fingerprint density at radius 1 is 1.42 bits per heavy atom. The van der Waals surface area contributed by atoms with Gasteiger partial charge in [0.1, 0.15) is 0 Å². The van der Waals surface area contributed by atoms with Crippen molar-refractivity contribution in [1.82, 2.24) is 10.2 Å². The fraction of sp³-hybridized carbons (Fsp3) is 0.611. The van der Waals surface area contributed by atoms with E-state index in [-0.39, 0.29) is 23.4 Å². The minimum absolute atomic E-state index is 0.0342. The molecule has 0 atom stereocenters. The number of ether oxygens (including phenoxy) is 1. The third kappa shape index (κ3) is 6.17. The average Bonchev–Trinajstić information content (AvgIpc) is 2.63. The van der Waals surface area contributed by atoms with Gasteiger partial charge in [0.2, 0.25) is 5.91 Å². The van der Waals surface area contributed by atoms with Crippen LogP contribution in [0, 0.1) is 10.1 Å². The Morgan fingerprint density at radius 3 is 2.77 bits per heavy atom. The first-order chi connectivity index (χ1) is 12.5. The quantitative estimate of drug-likeness (QED) is 0.523. The number of methoxy groups -OCH3 is 1. The highest BCUT2D eigenvalue weighted by Gasteiger charge is 2.20. The number of benzene rings is 1. The Labute approximate surface area is 158 Å². The maximum Gasteiger partial charge on any atom is 0.311 e. The van der Waals surface area contributed by atoms with E-state index >= 15 is 0 Å². The largest absolute Gasteiger partial charge is 0.490 e. The second kappa shape index (κ2) is 10.4. The molecular formula is C18H27N3O4S. The number of piperidine rings is 1. The van der Waals surface area contributed by atoms with Gasteiger partial charge in [-0.15, -0.1) is 11.8 Å². The van der Waals surface area contributed by atoms with Crippen molar-refractivity contribution in [1.29, 1.82) is 0 Å². The second-order valence-electron chi connectivity index (χ2n) is 6.44. The van der Waals surface area contributed by atoms with Gasteiger partial charge in [-0.05, 0) is 37.4 Å². The van der Waals surface area contributed by atoms with Crippen LogP contribution in [0.4, 0.5) is 5.69 Å². The highest BCUT2D eigenvalue weighted by Crippen LogP contribution is 2.29. The van der Waals surface area contributed by atoms with E-state index in [9.17, 15) is 14.9 Å². The number of rotatable bonds is 9. The lowest BCUT2D eigenvalue weighted by Crippen LogP contribution is -2.45. The zero-order valence-electron chi connectivity index (χ0n) is 15.4. The summed E-state index contributed by atoms with van der Waals surface area (Å²) < 4.78 is 5.00. The molecule has 0 spiro atoms. The maximum absolute atomic E-state index is 12.1. The third-order valence-electron chi connectivity index (χ3n) is 4.43. The van der Waals surface area contributed by atoms with Crippen LogP contribution < -0.4 is 10.1 Å². The van der Waals surface area contributed by atoms with E-state index in [0.717, 1.165) is 44.5 Å². The Balaban J connectivity index is 1.73. The van der Waals surface area contributed by atoms with Crippen LogP contribution in [0.5, 0.6) is 5.75 Å². The van der Waals surface area contributed by atoms with Crippen molar-refractivity contribution in [2.75, 3.05) is 32.5 Å². The molecule has 1 fully saturated rings. The fourth-order valence-corrected chi connectivity index (χ4v) is 3.90. The van der Waals surface area contributed by atoms with E-state index in [4.69, 9.17) is 4.74 Å². The molecule has 1 aliphatic heterocycles. The molecule has 0 radical (unpaired) electrons. The normalized spacial score (nSPS) is 15.6. The average molecular weight is 381 g/mol. The number of amides is 1. The van der Waals surface area contributed by atoms with E-state index < -0.39 is 4.92 Å². The maximum atomic E-state index is 12.1. The first kappa shape index (κ1) is 20.5. The number of thioether (sulfide) groups is 1. The summed E-state index contributed by atoms with van der Waals surface area (Å²) in [6.07, 6.45) is 3.17. The van der Waals surface area contributed by atoms with Gasteiger partial charge in [0.05, 0.1) is 17.8 Å². The monoisotopic (exact) mass is 381 g/mol. The van der Waals surface area contributed by atoms with Crippen LogP contribution in [-0.4, -0.2) is 54.3 Å². The summed E-state index contributed by atoms with van der Waals surface area (Å²) in [5.41, 5.74) is 0.761. The summed E-state index contributed by atoms with van der Waals surface area (Å²) in [6, 6.07) is 5.16. The number of nitrogens with one attached hydrogen (secondary N) is 1. The lowest BCUT2D eigenvalue weighted by molar-refractivity contribution is -0.385. The van der Waals surface area contributed by atoms with Crippen molar-refractivity contribution in [3.8, 4) is 5.75 Å². The Bertz CT molecular complexity index is 618. The lowest BCUT2D eigenvalue weighted by atomic mass is 10.1. The molecule has 1 amide bonds. The smallest absolute Gasteiger partial charge is 0.311 e. The molecule has 0 bridgehead atoms. The SMILES string of the molecule is CCCN1CCC(NC(=O)CSCc2ccc(OC)c([N+](=O)[O-])c2)CC1. The number of carbonyl (C=O) groups excluding carboxylic acids is 1. The number of carbonyl (C=O) groups is 1. The fourth-order valence-electron chi connectivity index (χ4n) is 3.12. The van der Waals surface area contributed by atoms with E-state index in [1.165, 1.54) is 24.9 Å². The van der Waals surface area contributed by atoms with Gasteiger partial charge >= 0.3 is 5.69 Å². The summed E-state index contributed by atoms with van der Waals surface area (Å²) in [7, 11) is 1.41. The minimum Gasteiger partial charge on any atom is -0.490 e. The van der Waals surface area contributed by atoms with Crippen LogP contribution in [0.25, 0.3) is 0 Å². The zero-order valence-corrected chi connectivity index (χ0v) is 16.2. The molecule has 1 aliphatic rings. The van der Waals surface area contributed by atoms with Crippen LogP contribution >= 0.6 is 11.8 Å². The molecule has 1 heterocycles. The molecule has 1 N–H and O–H groups in total. The molecule has 1 saturated heterocycles. The van der Waals surface area contributed by atoms with Crippen molar-refractivity contribution >= 4 is 23.4 Å². The zero-order chi connectivity index (χ0) is 18.9. The highest BCUT2D eigenvalue weighted by atomic mass is 32.2. The number of hydrogen-bond acceptors (Lipinski definition) is 6. The molecular weight excluding hydrogens is 354 g/mol. The molecule has 144 valence electrons. The third-order valence-corrected chi connectivity index (χ3v) is 5.44. The van der Waals surface area contributed by atoms with Crippen molar-refractivity contribution in [2.45, 2.75) is 38.0 Å². The van der Waals surface area contributed by atoms with Crippen molar-refractivity contribution in [2.24, 2.45) is 0 Å². The second-order valence-corrected chi connectivity index (χ2v) is 7.43. The first-order valence-electron chi connectivity index (χ1n) is 8.94. The number of likely N-dealkylation sites (tertiary alicyclic amines) is 1. The number of nitro groups is 1. The van der Waals surface area contributed by atoms with Gasteiger partial charge in [-0.25, -0.2) is 0 Å². The van der Waals surface area contributed by atoms with Gasteiger partial charge in [-0.2, -0.15) is 0 Å². The number of nitrogens with zero attached hydrogens (tertiary/aromatic N) is 2. The number of nitro benzene ring substituents is 1. The standard InChI is InChI=1S/C18H27N3O4S/c1-3-8-20-9-6-15(7-10-20)19-18(22)13-26-12-14-4-5-17(25-2)16(11-14)21(23)24/h4-5,11,15H,3,6-10,12-13H2,1-2H3,(H,19,22). The van der Waals surface area contributed by atoms with Crippen LogP contribution in [-0.2, 0) is 10.5 Å². The topological polar surface area (TPSA) is 84.7 Å². The molecule has 1 aromatic rings. The minimum atomic E-state index is -0.454. The van der Waals surface area contributed by atoms with E-state index in [0.29, 0.717) is 11.5 Å². The predicted octanol–water partition coefficient (Wildman–Crippen LogP) is 2.83. The molecule has 0 aromatic heterocycles. The molecule has 8 heteroatoms. The Morgan fingerprint density at radius 2 is 2.15 bits per heavy atom. The van der Waals surface area contributed by atoms with Gasteiger partial charge in [0.25, 0.3) is 0 Å². The van der Waals surface area contributed by atoms with Crippen molar-refractivity contribution < 1.29 is 14.5 Å². The highest BCUT2D eigenvalue weighted by molar-refractivity contribution is 7.99. The molecule has 0 unspecified atom stereocenters. The van der Waals surface area contributed by atoms with E-state index in [2.05, 4.69) is 17.1 Å². The number of hydrogen-bond donors (Lipinski definition) is 1. The van der Waals surface area contributed by atoms with Crippen molar-refractivity contribution in [3.63, 3.8) is 0 Å². The van der Waals surface area contributed by atoms with Crippen LogP contribution in [0.3, 0.4) is 0 Å². The molecule has 26 heavy (non-hydrogen) atoms. The van der Waals surface area contributed by atoms with Gasteiger partial charge in [0, 0.05) is 31.0 Å². The van der Waals surface area contributed by atoms with Gasteiger partial charge < -0.3 is 15.0 Å². The van der Waals surface area contributed by atoms with Gasteiger partial charge in [0.15, 0.2) is 5.75 Å². The predicted molar refractivity (Wildman–Crippen MR) is 104 cm³/mol. The van der Waals surface area contributed by atoms with Gasteiger partial charge in [-0.1, -0.05) is 13.0 Å².